The largest absolute Gasteiger partial charge is 0.376 e. The van der Waals surface area contributed by atoms with Gasteiger partial charge < -0.3 is 15.4 Å². The van der Waals surface area contributed by atoms with Crippen molar-refractivity contribution >= 4 is 11.7 Å². The van der Waals surface area contributed by atoms with Crippen LogP contribution in [0.1, 0.15) is 34.7 Å². The van der Waals surface area contributed by atoms with E-state index in [4.69, 9.17) is 4.74 Å². The second-order valence-corrected chi connectivity index (χ2v) is 5.98. The summed E-state index contributed by atoms with van der Waals surface area (Å²) in [7, 11) is 0. The predicted molar refractivity (Wildman–Crippen MR) is 91.8 cm³/mol. The van der Waals surface area contributed by atoms with Gasteiger partial charge in [-0.1, -0.05) is 18.2 Å². The molecule has 132 valence electrons. The molecular weight excluding hydrogens is 323 g/mol. The Kier molecular flexibility index (Phi) is 5.55. The maximum absolute atomic E-state index is 13.7. The molecule has 1 atom stereocenters. The summed E-state index contributed by atoms with van der Waals surface area (Å²) in [5.41, 5.74) is 0.810. The molecule has 1 amide bonds. The molecular formula is C18H21FN4O2. The molecule has 25 heavy (non-hydrogen) atoms. The first-order chi connectivity index (χ1) is 12.1. The normalized spacial score (nSPS) is 16.6. The summed E-state index contributed by atoms with van der Waals surface area (Å²) in [6.45, 7) is 3.21. The van der Waals surface area contributed by atoms with Crippen LogP contribution in [0.25, 0.3) is 0 Å². The molecule has 1 aromatic carbocycles. The molecule has 1 aliphatic rings. The number of hydrogen-bond acceptors (Lipinski definition) is 5. The van der Waals surface area contributed by atoms with Crippen LogP contribution in [0.15, 0.2) is 30.3 Å². The third-order valence-electron chi connectivity index (χ3n) is 4.00. The number of carbonyl (C=O) groups excluding carboxylic acids is 1. The van der Waals surface area contributed by atoms with Crippen LogP contribution in [0, 0.1) is 12.7 Å². The van der Waals surface area contributed by atoms with Crippen molar-refractivity contribution < 1.29 is 13.9 Å². The third kappa shape index (κ3) is 4.73. The molecule has 3 rings (SSSR count). The summed E-state index contributed by atoms with van der Waals surface area (Å²) in [4.78, 5) is 20.7. The Labute approximate surface area is 145 Å². The minimum atomic E-state index is -0.282. The number of nitrogens with zero attached hydrogens (tertiary/aromatic N) is 2. The minimum Gasteiger partial charge on any atom is -0.376 e. The Morgan fingerprint density at radius 3 is 2.96 bits per heavy atom. The van der Waals surface area contributed by atoms with E-state index < -0.39 is 0 Å². The molecule has 1 saturated heterocycles. The van der Waals surface area contributed by atoms with Gasteiger partial charge in [-0.25, -0.2) is 14.4 Å². The number of hydrogen-bond donors (Lipinski definition) is 2. The van der Waals surface area contributed by atoms with E-state index in [1.165, 1.54) is 6.07 Å². The van der Waals surface area contributed by atoms with Crippen LogP contribution in [0.4, 0.5) is 10.2 Å². The van der Waals surface area contributed by atoms with Gasteiger partial charge in [-0.05, 0) is 25.8 Å². The number of ether oxygens (including phenoxy) is 1. The fourth-order valence-electron chi connectivity index (χ4n) is 2.70. The fraction of sp³-hybridized carbons (Fsp3) is 0.389. The van der Waals surface area contributed by atoms with E-state index >= 15 is 0 Å². The lowest BCUT2D eigenvalue weighted by molar-refractivity contribution is 0.0853. The second kappa shape index (κ2) is 8.02. The van der Waals surface area contributed by atoms with Gasteiger partial charge >= 0.3 is 0 Å². The minimum absolute atomic E-state index is 0.0746. The Morgan fingerprint density at radius 1 is 1.36 bits per heavy atom. The lowest BCUT2D eigenvalue weighted by Crippen LogP contribution is -2.32. The molecule has 2 N–H and O–H groups in total. The average molecular weight is 344 g/mol. The van der Waals surface area contributed by atoms with Crippen LogP contribution in [0.3, 0.4) is 0 Å². The summed E-state index contributed by atoms with van der Waals surface area (Å²) >= 11 is 0. The van der Waals surface area contributed by atoms with E-state index in [1.54, 1.807) is 31.2 Å². The van der Waals surface area contributed by atoms with E-state index in [1.807, 2.05) is 0 Å². The number of aryl methyl sites for hydroxylation is 1. The van der Waals surface area contributed by atoms with Crippen LogP contribution in [0.5, 0.6) is 0 Å². The highest BCUT2D eigenvalue weighted by molar-refractivity contribution is 5.92. The number of rotatable bonds is 6. The molecule has 1 aliphatic heterocycles. The molecule has 0 bridgehead atoms. The van der Waals surface area contributed by atoms with Gasteiger partial charge in [-0.2, -0.15) is 0 Å². The van der Waals surface area contributed by atoms with Crippen molar-refractivity contribution in [3.8, 4) is 0 Å². The van der Waals surface area contributed by atoms with Gasteiger partial charge in [0.05, 0.1) is 6.10 Å². The number of benzene rings is 1. The van der Waals surface area contributed by atoms with Crippen molar-refractivity contribution in [2.45, 2.75) is 32.4 Å². The summed E-state index contributed by atoms with van der Waals surface area (Å²) in [5, 5.41) is 5.88. The monoisotopic (exact) mass is 344 g/mol. The van der Waals surface area contributed by atoms with Crippen LogP contribution in [-0.4, -0.2) is 35.1 Å². The molecule has 0 spiro atoms. The summed E-state index contributed by atoms with van der Waals surface area (Å²) in [5.74, 6) is 0.407. The second-order valence-electron chi connectivity index (χ2n) is 5.98. The van der Waals surface area contributed by atoms with Gasteiger partial charge in [0.2, 0.25) is 0 Å². The Hall–Kier alpha value is -2.54. The van der Waals surface area contributed by atoms with Crippen LogP contribution in [0.2, 0.25) is 0 Å². The number of nitrogens with one attached hydrogen (secondary N) is 2. The topological polar surface area (TPSA) is 76.1 Å². The third-order valence-corrected chi connectivity index (χ3v) is 4.00. The molecule has 0 saturated carbocycles. The zero-order chi connectivity index (χ0) is 17.6. The van der Waals surface area contributed by atoms with Crippen molar-refractivity contribution in [1.29, 1.82) is 0 Å². The zero-order valence-corrected chi connectivity index (χ0v) is 14.1. The molecule has 7 heteroatoms. The van der Waals surface area contributed by atoms with Crippen LogP contribution >= 0.6 is 0 Å². The first-order valence-corrected chi connectivity index (χ1v) is 8.34. The average Bonchev–Trinajstić information content (AvgIpc) is 3.12. The van der Waals surface area contributed by atoms with Crippen molar-refractivity contribution in [1.82, 2.24) is 15.3 Å². The summed E-state index contributed by atoms with van der Waals surface area (Å²) in [6, 6.07) is 8.09. The molecule has 2 aromatic rings. The van der Waals surface area contributed by atoms with Gasteiger partial charge in [-0.15, -0.1) is 0 Å². The molecule has 0 radical (unpaired) electrons. The van der Waals surface area contributed by atoms with Crippen molar-refractivity contribution in [3.63, 3.8) is 0 Å². The van der Waals surface area contributed by atoms with Gasteiger partial charge in [0.25, 0.3) is 5.91 Å². The molecule has 0 aliphatic carbocycles. The van der Waals surface area contributed by atoms with Crippen LogP contribution < -0.4 is 10.6 Å². The predicted octanol–water partition coefficient (Wildman–Crippen LogP) is 2.45. The quantitative estimate of drug-likeness (QED) is 0.842. The van der Waals surface area contributed by atoms with Gasteiger partial charge in [0.1, 0.15) is 23.2 Å². The Morgan fingerprint density at radius 2 is 2.20 bits per heavy atom. The van der Waals surface area contributed by atoms with Crippen molar-refractivity contribution in [2.24, 2.45) is 0 Å². The molecule has 6 nitrogen and oxygen atoms in total. The van der Waals surface area contributed by atoms with Crippen LogP contribution in [-0.2, 0) is 11.3 Å². The lowest BCUT2D eigenvalue weighted by Gasteiger charge is -2.12. The van der Waals surface area contributed by atoms with E-state index in [0.29, 0.717) is 23.8 Å². The summed E-state index contributed by atoms with van der Waals surface area (Å²) < 4.78 is 19.2. The number of amides is 1. The highest BCUT2D eigenvalue weighted by Crippen LogP contribution is 2.13. The van der Waals surface area contributed by atoms with Crippen molar-refractivity contribution in [2.75, 3.05) is 18.5 Å². The number of halogens is 1. The molecule has 1 fully saturated rings. The number of aromatic nitrogens is 2. The molecule has 1 unspecified atom stereocenters. The zero-order valence-electron chi connectivity index (χ0n) is 14.1. The number of anilines is 1. The van der Waals surface area contributed by atoms with Crippen molar-refractivity contribution in [3.05, 3.63) is 53.2 Å². The van der Waals surface area contributed by atoms with E-state index in [9.17, 15) is 9.18 Å². The Bertz CT molecular complexity index is 748. The smallest absolute Gasteiger partial charge is 0.270 e. The molecule has 1 aromatic heterocycles. The van der Waals surface area contributed by atoms with E-state index in [0.717, 1.165) is 19.4 Å². The number of carbonyl (C=O) groups is 1. The first-order valence-electron chi connectivity index (χ1n) is 8.34. The highest BCUT2D eigenvalue weighted by atomic mass is 19.1. The van der Waals surface area contributed by atoms with Gasteiger partial charge in [0, 0.05) is 31.3 Å². The first kappa shape index (κ1) is 17.3. The highest BCUT2D eigenvalue weighted by Gasteiger charge is 2.17. The lowest BCUT2D eigenvalue weighted by atomic mass is 10.2. The summed E-state index contributed by atoms with van der Waals surface area (Å²) in [6.07, 6.45) is 2.06. The maximum atomic E-state index is 13.7. The van der Waals surface area contributed by atoms with E-state index in [2.05, 4.69) is 20.6 Å². The van der Waals surface area contributed by atoms with Gasteiger partial charge in [0.15, 0.2) is 0 Å². The van der Waals surface area contributed by atoms with Gasteiger partial charge in [-0.3, -0.25) is 4.79 Å². The molecule has 2 heterocycles. The standard InChI is InChI=1S/C18H21FN4O2/c1-12-22-16(18(24)21-11-14-6-4-8-25-14)9-17(23-12)20-10-13-5-2-3-7-15(13)19/h2-3,5,7,9,14H,4,6,8,10-11H2,1H3,(H,21,24)(H,20,22,23). The van der Waals surface area contributed by atoms with E-state index in [-0.39, 0.29) is 30.1 Å². The maximum Gasteiger partial charge on any atom is 0.270 e. The SMILES string of the molecule is Cc1nc(NCc2ccccc2F)cc(C(=O)NCC2CCCO2)n1. The fourth-order valence-corrected chi connectivity index (χ4v) is 2.70. The Balaban J connectivity index is 1.63.